The van der Waals surface area contributed by atoms with Gasteiger partial charge in [-0.25, -0.2) is 9.97 Å². The maximum Gasteiger partial charge on any atom is 0.225 e. The van der Waals surface area contributed by atoms with Gasteiger partial charge in [-0.1, -0.05) is 11.6 Å². The summed E-state index contributed by atoms with van der Waals surface area (Å²) in [6, 6.07) is 0.256. The molecule has 0 aliphatic carbocycles. The van der Waals surface area contributed by atoms with Gasteiger partial charge >= 0.3 is 0 Å². The molecule has 2 atom stereocenters. The molecule has 1 fully saturated rings. The van der Waals surface area contributed by atoms with Gasteiger partial charge in [-0.2, -0.15) is 0 Å². The molecule has 0 aromatic carbocycles. The second-order valence-electron chi connectivity index (χ2n) is 4.06. The number of anilines is 1. The fraction of sp³-hybridized carbons (Fsp3) is 0.636. The van der Waals surface area contributed by atoms with Crippen LogP contribution >= 0.6 is 11.6 Å². The first-order chi connectivity index (χ1) is 8.24. The number of methoxy groups -OCH3 is 2. The van der Waals surface area contributed by atoms with E-state index in [4.69, 9.17) is 21.1 Å². The normalized spacial score (nSPS) is 24.3. The number of aromatic nitrogens is 2. The third-order valence-electron chi connectivity index (χ3n) is 2.93. The van der Waals surface area contributed by atoms with Gasteiger partial charge in [-0.3, -0.25) is 0 Å². The van der Waals surface area contributed by atoms with Crippen molar-refractivity contribution in [3.8, 4) is 0 Å². The topological polar surface area (TPSA) is 47.5 Å². The second-order valence-corrected chi connectivity index (χ2v) is 4.49. The Hall–Kier alpha value is -0.910. The van der Waals surface area contributed by atoms with Crippen LogP contribution in [0.1, 0.15) is 6.42 Å². The summed E-state index contributed by atoms with van der Waals surface area (Å²) in [6.07, 6.45) is 4.34. The SMILES string of the molecule is COC[C@@H]1C[C@H](OC)CN1c1ncc(Cl)cn1. The monoisotopic (exact) mass is 257 g/mol. The lowest BCUT2D eigenvalue weighted by molar-refractivity contribution is 0.111. The zero-order chi connectivity index (χ0) is 12.3. The first-order valence-electron chi connectivity index (χ1n) is 5.50. The summed E-state index contributed by atoms with van der Waals surface area (Å²) < 4.78 is 10.6. The second kappa shape index (κ2) is 5.62. The van der Waals surface area contributed by atoms with E-state index in [9.17, 15) is 0 Å². The van der Waals surface area contributed by atoms with Crippen LogP contribution in [0.4, 0.5) is 5.95 Å². The molecule has 0 radical (unpaired) electrons. The Balaban J connectivity index is 2.14. The van der Waals surface area contributed by atoms with Crippen molar-refractivity contribution in [2.45, 2.75) is 18.6 Å². The molecule has 1 aromatic rings. The largest absolute Gasteiger partial charge is 0.383 e. The van der Waals surface area contributed by atoms with Crippen LogP contribution in [0.5, 0.6) is 0 Å². The number of hydrogen-bond acceptors (Lipinski definition) is 5. The van der Waals surface area contributed by atoms with E-state index in [1.165, 1.54) is 0 Å². The third kappa shape index (κ3) is 2.86. The number of rotatable bonds is 4. The lowest BCUT2D eigenvalue weighted by Gasteiger charge is -2.23. The summed E-state index contributed by atoms with van der Waals surface area (Å²) in [6.45, 7) is 1.43. The highest BCUT2D eigenvalue weighted by atomic mass is 35.5. The number of nitrogens with zero attached hydrogens (tertiary/aromatic N) is 3. The summed E-state index contributed by atoms with van der Waals surface area (Å²) >= 11 is 5.78. The van der Waals surface area contributed by atoms with Crippen LogP contribution in [0.3, 0.4) is 0 Å². The molecule has 1 aliphatic rings. The molecule has 0 amide bonds. The molecular weight excluding hydrogens is 242 g/mol. The number of halogens is 1. The van der Waals surface area contributed by atoms with E-state index in [2.05, 4.69) is 14.9 Å². The smallest absolute Gasteiger partial charge is 0.225 e. The molecule has 6 heteroatoms. The Kier molecular flexibility index (Phi) is 4.15. The van der Waals surface area contributed by atoms with Gasteiger partial charge < -0.3 is 14.4 Å². The highest BCUT2D eigenvalue weighted by Crippen LogP contribution is 2.24. The van der Waals surface area contributed by atoms with Crippen molar-refractivity contribution in [1.82, 2.24) is 9.97 Å². The summed E-state index contributed by atoms with van der Waals surface area (Å²) in [4.78, 5) is 10.6. The minimum Gasteiger partial charge on any atom is -0.383 e. The van der Waals surface area contributed by atoms with Gasteiger partial charge in [0.1, 0.15) is 0 Å². The molecule has 2 heterocycles. The maximum atomic E-state index is 5.78. The van der Waals surface area contributed by atoms with E-state index in [-0.39, 0.29) is 12.1 Å². The van der Waals surface area contributed by atoms with Crippen molar-refractivity contribution in [1.29, 1.82) is 0 Å². The Morgan fingerprint density at radius 1 is 1.41 bits per heavy atom. The van der Waals surface area contributed by atoms with E-state index >= 15 is 0 Å². The van der Waals surface area contributed by atoms with Gasteiger partial charge in [0.25, 0.3) is 0 Å². The van der Waals surface area contributed by atoms with Crippen molar-refractivity contribution < 1.29 is 9.47 Å². The molecule has 1 aromatic heterocycles. The van der Waals surface area contributed by atoms with Crippen LogP contribution in [0.25, 0.3) is 0 Å². The minimum absolute atomic E-state index is 0.203. The van der Waals surface area contributed by atoms with Gasteiger partial charge in [-0.05, 0) is 6.42 Å². The summed E-state index contributed by atoms with van der Waals surface area (Å²) in [7, 11) is 3.42. The molecule has 5 nitrogen and oxygen atoms in total. The van der Waals surface area contributed by atoms with Crippen molar-refractivity contribution >= 4 is 17.5 Å². The number of hydrogen-bond donors (Lipinski definition) is 0. The minimum atomic E-state index is 0.203. The average molecular weight is 258 g/mol. The third-order valence-corrected chi connectivity index (χ3v) is 3.13. The van der Waals surface area contributed by atoms with Crippen molar-refractivity contribution in [2.75, 3.05) is 32.3 Å². The van der Waals surface area contributed by atoms with E-state index in [0.717, 1.165) is 13.0 Å². The highest BCUT2D eigenvalue weighted by molar-refractivity contribution is 6.30. The molecule has 1 aliphatic heterocycles. The highest BCUT2D eigenvalue weighted by Gasteiger charge is 2.33. The molecule has 0 spiro atoms. The van der Waals surface area contributed by atoms with Gasteiger partial charge in [0.05, 0.1) is 36.2 Å². The fourth-order valence-electron chi connectivity index (χ4n) is 2.09. The van der Waals surface area contributed by atoms with Crippen LogP contribution in [-0.4, -0.2) is 49.5 Å². The lowest BCUT2D eigenvalue weighted by atomic mass is 10.2. The Morgan fingerprint density at radius 2 is 2.12 bits per heavy atom. The fourth-order valence-corrected chi connectivity index (χ4v) is 2.19. The van der Waals surface area contributed by atoms with Gasteiger partial charge in [-0.15, -0.1) is 0 Å². The van der Waals surface area contributed by atoms with Crippen LogP contribution in [0.2, 0.25) is 5.02 Å². The Bertz CT molecular complexity index is 360. The molecule has 0 N–H and O–H groups in total. The average Bonchev–Trinajstić information content (AvgIpc) is 2.74. The van der Waals surface area contributed by atoms with Crippen LogP contribution in [0.15, 0.2) is 12.4 Å². The summed E-state index contributed by atoms with van der Waals surface area (Å²) in [5, 5.41) is 0.541. The predicted octanol–water partition coefficient (Wildman–Crippen LogP) is 1.37. The van der Waals surface area contributed by atoms with Gasteiger partial charge in [0.2, 0.25) is 5.95 Å². The molecule has 0 bridgehead atoms. The summed E-state index contributed by atoms with van der Waals surface area (Å²) in [5.74, 6) is 0.677. The number of ether oxygens (including phenoxy) is 2. The van der Waals surface area contributed by atoms with Gasteiger partial charge in [0.15, 0.2) is 0 Å². The lowest BCUT2D eigenvalue weighted by Crippen LogP contribution is -2.34. The van der Waals surface area contributed by atoms with Crippen molar-refractivity contribution in [2.24, 2.45) is 0 Å². The van der Waals surface area contributed by atoms with Crippen molar-refractivity contribution in [3.05, 3.63) is 17.4 Å². The Labute approximate surface area is 106 Å². The molecule has 0 unspecified atom stereocenters. The van der Waals surface area contributed by atoms with Crippen LogP contribution in [-0.2, 0) is 9.47 Å². The summed E-state index contributed by atoms with van der Waals surface area (Å²) in [5.41, 5.74) is 0. The van der Waals surface area contributed by atoms with Gasteiger partial charge in [0, 0.05) is 20.8 Å². The van der Waals surface area contributed by atoms with E-state index < -0.39 is 0 Å². The van der Waals surface area contributed by atoms with E-state index in [1.54, 1.807) is 26.6 Å². The first kappa shape index (κ1) is 12.5. The van der Waals surface area contributed by atoms with Crippen molar-refractivity contribution in [3.63, 3.8) is 0 Å². The first-order valence-corrected chi connectivity index (χ1v) is 5.88. The van der Waals surface area contributed by atoms with E-state index in [1.807, 2.05) is 0 Å². The maximum absolute atomic E-state index is 5.78. The zero-order valence-corrected chi connectivity index (χ0v) is 10.7. The van der Waals surface area contributed by atoms with E-state index in [0.29, 0.717) is 17.6 Å². The van der Waals surface area contributed by atoms with Crippen LogP contribution in [0, 0.1) is 0 Å². The zero-order valence-electron chi connectivity index (χ0n) is 9.97. The standard InChI is InChI=1S/C11H16ClN3O2/c1-16-7-9-3-10(17-2)6-15(9)11-13-4-8(12)5-14-11/h4-5,9-10H,3,6-7H2,1-2H3/t9-,10-/m0/s1. The molecule has 0 saturated carbocycles. The molecule has 94 valence electrons. The molecule has 1 saturated heterocycles. The predicted molar refractivity (Wildman–Crippen MR) is 65.5 cm³/mol. The molecule has 17 heavy (non-hydrogen) atoms. The molecular formula is C11H16ClN3O2. The Morgan fingerprint density at radius 3 is 2.71 bits per heavy atom. The molecule has 2 rings (SSSR count). The quantitative estimate of drug-likeness (QED) is 0.815. The van der Waals surface area contributed by atoms with Crippen LogP contribution < -0.4 is 4.90 Å².